The highest BCUT2D eigenvalue weighted by Gasteiger charge is 2.24. The van der Waals surface area contributed by atoms with Gasteiger partial charge >= 0.3 is 0 Å². The van der Waals surface area contributed by atoms with E-state index in [1.54, 1.807) is 0 Å². The summed E-state index contributed by atoms with van der Waals surface area (Å²) in [5.41, 5.74) is 0.521. The lowest BCUT2D eigenvalue weighted by molar-refractivity contribution is 0.204. The van der Waals surface area contributed by atoms with Crippen molar-refractivity contribution < 1.29 is 0 Å². The molecule has 1 rings (SSSR count). The van der Waals surface area contributed by atoms with Crippen LogP contribution in [0.5, 0.6) is 0 Å². The van der Waals surface area contributed by atoms with Crippen LogP contribution in [0.1, 0.15) is 72.6 Å². The van der Waals surface area contributed by atoms with Gasteiger partial charge in [-0.05, 0) is 23.7 Å². The Morgan fingerprint density at radius 3 is 2.14 bits per heavy atom. The highest BCUT2D eigenvalue weighted by Crippen LogP contribution is 2.36. The van der Waals surface area contributed by atoms with Crippen LogP contribution in [-0.4, -0.2) is 0 Å². The molecule has 0 saturated heterocycles. The van der Waals surface area contributed by atoms with Gasteiger partial charge in [-0.15, -0.1) is 0 Å². The van der Waals surface area contributed by atoms with Crippen molar-refractivity contribution in [2.24, 2.45) is 17.3 Å². The average Bonchev–Trinajstić information content (AvgIpc) is 2.55. The summed E-state index contributed by atoms with van der Waals surface area (Å²) in [4.78, 5) is 0. The Hall–Kier alpha value is 0. The van der Waals surface area contributed by atoms with Crippen LogP contribution in [0.4, 0.5) is 0 Å². The lowest BCUT2D eigenvalue weighted by atomic mass is 9.75. The Balaban J connectivity index is 2.26. The molecule has 0 aromatic carbocycles. The maximum absolute atomic E-state index is 2.40. The molecule has 0 aromatic heterocycles. The Morgan fingerprint density at radius 1 is 1.14 bits per heavy atom. The van der Waals surface area contributed by atoms with Crippen molar-refractivity contribution in [3.8, 4) is 0 Å². The van der Waals surface area contributed by atoms with E-state index in [4.69, 9.17) is 0 Å². The van der Waals surface area contributed by atoms with Crippen LogP contribution in [0.15, 0.2) is 0 Å². The number of hydrogen-bond donors (Lipinski definition) is 0. The van der Waals surface area contributed by atoms with Crippen LogP contribution in [-0.2, 0) is 0 Å². The predicted molar refractivity (Wildman–Crippen MR) is 64.4 cm³/mol. The molecular formula is C14H28. The topological polar surface area (TPSA) is 0 Å². The molecule has 1 saturated carbocycles. The lowest BCUT2D eigenvalue weighted by Gasteiger charge is -2.30. The van der Waals surface area contributed by atoms with Crippen molar-refractivity contribution in [3.05, 3.63) is 0 Å². The normalized spacial score (nSPS) is 21.4. The molecule has 0 nitrogen and oxygen atoms in total. The third-order valence-electron chi connectivity index (χ3n) is 4.12. The van der Waals surface area contributed by atoms with Crippen LogP contribution in [0.3, 0.4) is 0 Å². The monoisotopic (exact) mass is 196 g/mol. The van der Waals surface area contributed by atoms with Crippen LogP contribution in [0.25, 0.3) is 0 Å². The van der Waals surface area contributed by atoms with Gasteiger partial charge in [0.05, 0.1) is 0 Å². The molecule has 0 N–H and O–H groups in total. The minimum atomic E-state index is 0.521. The van der Waals surface area contributed by atoms with E-state index < -0.39 is 0 Å². The van der Waals surface area contributed by atoms with Gasteiger partial charge in [-0.1, -0.05) is 66.2 Å². The van der Waals surface area contributed by atoms with E-state index in [1.807, 2.05) is 0 Å². The molecule has 1 unspecified atom stereocenters. The first kappa shape index (κ1) is 12.1. The summed E-state index contributed by atoms with van der Waals surface area (Å²) in [7, 11) is 0. The number of rotatable bonds is 4. The summed E-state index contributed by atoms with van der Waals surface area (Å²) in [6, 6.07) is 0. The second-order valence-electron chi connectivity index (χ2n) is 6.20. The Labute approximate surface area is 90.5 Å². The van der Waals surface area contributed by atoms with Gasteiger partial charge in [0.25, 0.3) is 0 Å². The molecule has 0 aromatic rings. The predicted octanol–water partition coefficient (Wildman–Crippen LogP) is 5.03. The Kier molecular flexibility index (Phi) is 4.47. The first-order valence-electron chi connectivity index (χ1n) is 6.54. The largest absolute Gasteiger partial charge is 0.0651 e. The highest BCUT2D eigenvalue weighted by molar-refractivity contribution is 4.75. The molecule has 1 atom stereocenters. The van der Waals surface area contributed by atoms with E-state index in [0.29, 0.717) is 5.41 Å². The smallest absolute Gasteiger partial charge is 0.0354 e. The molecule has 14 heavy (non-hydrogen) atoms. The van der Waals surface area contributed by atoms with Gasteiger partial charge in [0, 0.05) is 0 Å². The average molecular weight is 196 g/mol. The second-order valence-corrected chi connectivity index (χ2v) is 6.20. The third kappa shape index (κ3) is 3.63. The van der Waals surface area contributed by atoms with Crippen molar-refractivity contribution >= 4 is 0 Å². The van der Waals surface area contributed by atoms with Gasteiger partial charge in [-0.25, -0.2) is 0 Å². The summed E-state index contributed by atoms with van der Waals surface area (Å²) in [6.07, 6.45) is 10.3. The minimum absolute atomic E-state index is 0.521. The van der Waals surface area contributed by atoms with Crippen molar-refractivity contribution in [1.82, 2.24) is 0 Å². The lowest BCUT2D eigenvalue weighted by Crippen LogP contribution is -2.20. The van der Waals surface area contributed by atoms with Crippen molar-refractivity contribution in [2.75, 3.05) is 0 Å². The van der Waals surface area contributed by atoms with Crippen molar-refractivity contribution in [1.29, 1.82) is 0 Å². The van der Waals surface area contributed by atoms with Crippen molar-refractivity contribution in [2.45, 2.75) is 72.6 Å². The van der Waals surface area contributed by atoms with E-state index >= 15 is 0 Å². The highest BCUT2D eigenvalue weighted by atomic mass is 14.3. The molecule has 0 heterocycles. The fraction of sp³-hybridized carbons (Fsp3) is 1.00. The zero-order chi connectivity index (χ0) is 10.6. The van der Waals surface area contributed by atoms with E-state index in [9.17, 15) is 0 Å². The maximum atomic E-state index is 2.40. The first-order chi connectivity index (χ1) is 6.54. The minimum Gasteiger partial charge on any atom is -0.0651 e. The van der Waals surface area contributed by atoms with E-state index in [0.717, 1.165) is 11.8 Å². The molecule has 1 aliphatic carbocycles. The molecule has 0 spiro atoms. The maximum Gasteiger partial charge on any atom is -0.0354 e. The van der Waals surface area contributed by atoms with Crippen LogP contribution < -0.4 is 0 Å². The van der Waals surface area contributed by atoms with Crippen molar-refractivity contribution in [3.63, 3.8) is 0 Å². The quantitative estimate of drug-likeness (QED) is 0.591. The van der Waals surface area contributed by atoms with Gasteiger partial charge in [0.1, 0.15) is 0 Å². The van der Waals surface area contributed by atoms with Crippen LogP contribution >= 0.6 is 0 Å². The van der Waals surface area contributed by atoms with E-state index in [-0.39, 0.29) is 0 Å². The summed E-state index contributed by atoms with van der Waals surface area (Å²) in [6.45, 7) is 9.55. The van der Waals surface area contributed by atoms with Gasteiger partial charge in [0.2, 0.25) is 0 Å². The van der Waals surface area contributed by atoms with Gasteiger partial charge in [-0.3, -0.25) is 0 Å². The summed E-state index contributed by atoms with van der Waals surface area (Å²) >= 11 is 0. The molecular weight excluding hydrogens is 168 g/mol. The molecule has 0 heteroatoms. The molecule has 0 amide bonds. The van der Waals surface area contributed by atoms with E-state index in [2.05, 4.69) is 27.7 Å². The molecule has 0 aliphatic heterocycles. The second kappa shape index (κ2) is 5.19. The fourth-order valence-corrected chi connectivity index (χ4v) is 2.99. The SMILES string of the molecule is CCC(CCC1CCCC1)C(C)(C)C. The zero-order valence-electron chi connectivity index (χ0n) is 10.6. The standard InChI is InChI=1S/C14H28/c1-5-13(14(2,3)4)11-10-12-8-6-7-9-12/h12-13H,5-11H2,1-4H3. The summed E-state index contributed by atoms with van der Waals surface area (Å²) < 4.78 is 0. The number of hydrogen-bond acceptors (Lipinski definition) is 0. The molecule has 1 fully saturated rings. The zero-order valence-corrected chi connectivity index (χ0v) is 10.6. The van der Waals surface area contributed by atoms with Gasteiger partial charge in [-0.2, -0.15) is 0 Å². The van der Waals surface area contributed by atoms with Crippen LogP contribution in [0.2, 0.25) is 0 Å². The Morgan fingerprint density at radius 2 is 1.71 bits per heavy atom. The summed E-state index contributed by atoms with van der Waals surface area (Å²) in [5, 5.41) is 0. The molecule has 0 radical (unpaired) electrons. The van der Waals surface area contributed by atoms with Gasteiger partial charge in [0.15, 0.2) is 0 Å². The fourth-order valence-electron chi connectivity index (χ4n) is 2.99. The third-order valence-corrected chi connectivity index (χ3v) is 4.12. The van der Waals surface area contributed by atoms with E-state index in [1.165, 1.54) is 44.9 Å². The van der Waals surface area contributed by atoms with Crippen LogP contribution in [0, 0.1) is 17.3 Å². The Bertz CT molecular complexity index is 146. The molecule has 0 bridgehead atoms. The first-order valence-corrected chi connectivity index (χ1v) is 6.54. The molecule has 1 aliphatic rings. The van der Waals surface area contributed by atoms with Gasteiger partial charge < -0.3 is 0 Å². The molecule has 84 valence electrons. The summed E-state index contributed by atoms with van der Waals surface area (Å²) in [5.74, 6) is 2.01.